The number of hydroxylamine groups is 1. The van der Waals surface area contributed by atoms with Crippen LogP contribution in [0.3, 0.4) is 0 Å². The Bertz CT molecular complexity index is 1460. The van der Waals surface area contributed by atoms with E-state index in [2.05, 4.69) is 9.85 Å². The molecule has 4 rings (SSSR count). The lowest BCUT2D eigenvalue weighted by Gasteiger charge is -2.14. The summed E-state index contributed by atoms with van der Waals surface area (Å²) < 4.78 is 44.9. The van der Waals surface area contributed by atoms with Crippen LogP contribution in [-0.2, 0) is 24.7 Å². The molecule has 2 aromatic carbocycles. The Morgan fingerprint density at radius 2 is 1.85 bits per heavy atom. The first-order valence-electron chi connectivity index (χ1n) is 9.43. The van der Waals surface area contributed by atoms with E-state index < -0.39 is 29.0 Å². The number of carbonyl (C=O) groups excluding carboxylic acids is 1. The fraction of sp³-hybridized carbons (Fsp3) is 0.143. The molecule has 0 unspecified atom stereocenters. The molecule has 12 heteroatoms. The van der Waals surface area contributed by atoms with Gasteiger partial charge in [0.15, 0.2) is 5.69 Å². The van der Waals surface area contributed by atoms with Crippen molar-refractivity contribution in [1.82, 2.24) is 19.0 Å². The molecule has 0 radical (unpaired) electrons. The summed E-state index contributed by atoms with van der Waals surface area (Å²) in [5.41, 5.74) is -0.569. The topological polar surface area (TPSA) is 95.2 Å². The van der Waals surface area contributed by atoms with Crippen molar-refractivity contribution >= 4 is 27.5 Å². The maximum atomic E-state index is 13.1. The van der Waals surface area contributed by atoms with Gasteiger partial charge in [0.25, 0.3) is 11.5 Å². The van der Waals surface area contributed by atoms with Gasteiger partial charge in [0, 0.05) is 18.5 Å². The number of halogens is 3. The number of fused-ring (bicyclic) bond motifs is 1. The van der Waals surface area contributed by atoms with Crippen LogP contribution in [0.25, 0.3) is 15.8 Å². The molecule has 0 saturated carbocycles. The number of benzene rings is 2. The summed E-state index contributed by atoms with van der Waals surface area (Å²) in [4.78, 5) is 42.7. The molecule has 33 heavy (non-hydrogen) atoms. The molecule has 0 fully saturated rings. The van der Waals surface area contributed by atoms with Crippen LogP contribution in [0.15, 0.2) is 64.2 Å². The minimum Gasteiger partial charge on any atom is -0.292 e. The van der Waals surface area contributed by atoms with Gasteiger partial charge in [-0.1, -0.05) is 30.3 Å². The number of carbonyl (C=O) groups is 1. The summed E-state index contributed by atoms with van der Waals surface area (Å²) in [6.07, 6.45) is -4.86. The van der Waals surface area contributed by atoms with Gasteiger partial charge in [-0.2, -0.15) is 17.5 Å². The second-order valence-electron chi connectivity index (χ2n) is 6.96. The van der Waals surface area contributed by atoms with E-state index in [-0.39, 0.29) is 18.0 Å². The van der Waals surface area contributed by atoms with Crippen LogP contribution in [-0.4, -0.2) is 19.4 Å². The lowest BCUT2D eigenvalue weighted by atomic mass is 10.2. The van der Waals surface area contributed by atoms with Crippen LogP contribution in [0.2, 0.25) is 0 Å². The van der Waals surface area contributed by atoms with Crippen molar-refractivity contribution in [3.05, 3.63) is 92.4 Å². The predicted octanol–water partition coefficient (Wildman–Crippen LogP) is 3.03. The average molecular weight is 476 g/mol. The largest absolute Gasteiger partial charge is 0.431 e. The molecular weight excluding hydrogens is 461 g/mol. The molecule has 0 atom stereocenters. The van der Waals surface area contributed by atoms with Gasteiger partial charge in [0.05, 0.1) is 17.0 Å². The Hall–Kier alpha value is -3.77. The Labute approximate surface area is 187 Å². The van der Waals surface area contributed by atoms with Crippen molar-refractivity contribution in [2.75, 3.05) is 0 Å². The molecule has 2 heterocycles. The molecule has 1 N–H and O–H groups in total. The zero-order valence-corrected chi connectivity index (χ0v) is 17.7. The number of amides is 1. The predicted molar refractivity (Wildman–Crippen MR) is 114 cm³/mol. The Morgan fingerprint density at radius 3 is 2.55 bits per heavy atom. The SMILES string of the molecule is Cn1c(C(F)(F)F)cc(=O)n(-c2ccc3snc(C(=O)NOCc4ccccc4)c3c2)c1=O. The third-order valence-electron chi connectivity index (χ3n) is 4.78. The highest BCUT2D eigenvalue weighted by molar-refractivity contribution is 7.13. The van der Waals surface area contributed by atoms with Gasteiger partial charge in [0.2, 0.25) is 0 Å². The molecule has 4 aromatic rings. The van der Waals surface area contributed by atoms with E-state index in [9.17, 15) is 27.6 Å². The highest BCUT2D eigenvalue weighted by Gasteiger charge is 2.35. The Balaban J connectivity index is 1.66. The standard InChI is InChI=1S/C21H15F3N4O4S/c1-27-16(21(22,23)24)10-17(29)28(20(27)31)13-7-8-15-14(9-13)18(26-33-15)19(30)25-32-11-12-5-3-2-4-6-12/h2-10H,11H2,1H3,(H,25,30). The van der Waals surface area contributed by atoms with Crippen molar-refractivity contribution in [1.29, 1.82) is 0 Å². The highest BCUT2D eigenvalue weighted by Crippen LogP contribution is 2.28. The molecule has 1 amide bonds. The van der Waals surface area contributed by atoms with E-state index in [0.717, 1.165) is 24.1 Å². The third-order valence-corrected chi connectivity index (χ3v) is 5.61. The van der Waals surface area contributed by atoms with Crippen molar-refractivity contribution in [3.63, 3.8) is 0 Å². The first kappa shape index (κ1) is 22.4. The first-order chi connectivity index (χ1) is 15.7. The van der Waals surface area contributed by atoms with Gasteiger partial charge in [-0.25, -0.2) is 14.8 Å². The van der Waals surface area contributed by atoms with E-state index in [1.54, 1.807) is 0 Å². The molecule has 0 saturated heterocycles. The van der Waals surface area contributed by atoms with Gasteiger partial charge in [0.1, 0.15) is 5.69 Å². The molecule has 170 valence electrons. The van der Waals surface area contributed by atoms with Gasteiger partial charge in [-0.05, 0) is 35.3 Å². The maximum Gasteiger partial charge on any atom is 0.431 e. The average Bonchev–Trinajstić information content (AvgIpc) is 3.20. The first-order valence-corrected chi connectivity index (χ1v) is 10.2. The zero-order chi connectivity index (χ0) is 23.8. The van der Waals surface area contributed by atoms with Crippen molar-refractivity contribution in [2.24, 2.45) is 7.05 Å². The van der Waals surface area contributed by atoms with Gasteiger partial charge >= 0.3 is 11.9 Å². The maximum absolute atomic E-state index is 13.1. The lowest BCUT2D eigenvalue weighted by Crippen LogP contribution is -2.40. The summed E-state index contributed by atoms with van der Waals surface area (Å²) in [6.45, 7) is 0.122. The molecule has 0 aliphatic carbocycles. The summed E-state index contributed by atoms with van der Waals surface area (Å²) in [7, 11) is 0.925. The minimum absolute atomic E-state index is 0.00118. The van der Waals surface area contributed by atoms with E-state index >= 15 is 0 Å². The van der Waals surface area contributed by atoms with Gasteiger partial charge in [-0.15, -0.1) is 0 Å². The second kappa shape index (κ2) is 8.64. The van der Waals surface area contributed by atoms with Crippen LogP contribution < -0.4 is 16.7 Å². The Kier molecular flexibility index (Phi) is 5.87. The molecule has 0 bridgehead atoms. The number of alkyl halides is 3. The summed E-state index contributed by atoms with van der Waals surface area (Å²) in [6, 6.07) is 13.7. The van der Waals surface area contributed by atoms with Gasteiger partial charge < -0.3 is 0 Å². The van der Waals surface area contributed by atoms with Crippen LogP contribution in [0.4, 0.5) is 13.2 Å². The van der Waals surface area contributed by atoms with E-state index in [0.29, 0.717) is 25.3 Å². The summed E-state index contributed by atoms with van der Waals surface area (Å²) >= 11 is 1.01. The van der Waals surface area contributed by atoms with E-state index in [4.69, 9.17) is 4.84 Å². The number of nitrogens with zero attached hydrogens (tertiary/aromatic N) is 3. The normalized spacial score (nSPS) is 11.6. The van der Waals surface area contributed by atoms with Crippen LogP contribution in [0.1, 0.15) is 21.7 Å². The quantitative estimate of drug-likeness (QED) is 0.447. The van der Waals surface area contributed by atoms with Crippen LogP contribution in [0.5, 0.6) is 0 Å². The number of rotatable bonds is 5. The molecule has 0 aliphatic heterocycles. The summed E-state index contributed by atoms with van der Waals surface area (Å²) in [5.74, 6) is -0.651. The van der Waals surface area contributed by atoms with Gasteiger partial charge in [-0.3, -0.25) is 19.0 Å². The number of aromatic nitrogens is 3. The molecule has 8 nitrogen and oxygen atoms in total. The van der Waals surface area contributed by atoms with Crippen molar-refractivity contribution < 1.29 is 22.8 Å². The van der Waals surface area contributed by atoms with Crippen molar-refractivity contribution in [2.45, 2.75) is 12.8 Å². The van der Waals surface area contributed by atoms with Crippen molar-refractivity contribution in [3.8, 4) is 5.69 Å². The summed E-state index contributed by atoms with van der Waals surface area (Å²) in [5, 5.41) is 0.312. The highest BCUT2D eigenvalue weighted by atomic mass is 32.1. The smallest absolute Gasteiger partial charge is 0.292 e. The Morgan fingerprint density at radius 1 is 1.12 bits per heavy atom. The molecule has 2 aromatic heterocycles. The lowest BCUT2D eigenvalue weighted by molar-refractivity contribution is -0.144. The van der Waals surface area contributed by atoms with Crippen LogP contribution in [0, 0.1) is 0 Å². The minimum atomic E-state index is -4.86. The zero-order valence-electron chi connectivity index (χ0n) is 16.9. The number of nitrogens with one attached hydrogen (secondary N) is 1. The number of hydrogen-bond donors (Lipinski definition) is 1. The van der Waals surface area contributed by atoms with E-state index in [1.165, 1.54) is 18.2 Å². The molecular formula is C21H15F3N4O4S. The fourth-order valence-corrected chi connectivity index (χ4v) is 3.93. The fourth-order valence-electron chi connectivity index (χ4n) is 3.17. The molecule has 0 aliphatic rings. The third kappa shape index (κ3) is 4.43. The van der Waals surface area contributed by atoms with Crippen LogP contribution >= 0.6 is 11.5 Å². The second-order valence-corrected chi connectivity index (χ2v) is 7.76. The molecule has 0 spiro atoms. The van der Waals surface area contributed by atoms with E-state index in [1.807, 2.05) is 30.3 Å². The monoisotopic (exact) mass is 476 g/mol. The number of hydrogen-bond acceptors (Lipinski definition) is 6.